The standard InChI is InChI=1S/C12H19Cl2N3O2S/c1-17(2)7-3-6-16-20(18,19)11-5-4-10(13)9(8-15)12(11)14/h4-5,16H,3,6-8,15H2,1-2H3. The Kier molecular flexibility index (Phi) is 6.71. The molecule has 0 saturated carbocycles. The van der Waals surface area contributed by atoms with Crippen LogP contribution in [0.5, 0.6) is 0 Å². The third-order valence-electron chi connectivity index (χ3n) is 2.72. The lowest BCUT2D eigenvalue weighted by molar-refractivity contribution is 0.400. The van der Waals surface area contributed by atoms with Gasteiger partial charge in [0.15, 0.2) is 0 Å². The van der Waals surface area contributed by atoms with Gasteiger partial charge in [0.05, 0.1) is 5.02 Å². The van der Waals surface area contributed by atoms with Crippen molar-refractivity contribution in [2.45, 2.75) is 17.9 Å². The molecule has 0 aliphatic heterocycles. The van der Waals surface area contributed by atoms with E-state index in [1.165, 1.54) is 12.1 Å². The summed E-state index contributed by atoms with van der Waals surface area (Å²) in [5.41, 5.74) is 5.96. The average molecular weight is 340 g/mol. The molecule has 0 radical (unpaired) electrons. The number of hydrogen-bond acceptors (Lipinski definition) is 4. The fourth-order valence-electron chi connectivity index (χ4n) is 1.65. The zero-order valence-corrected chi connectivity index (χ0v) is 13.8. The first-order valence-electron chi connectivity index (χ1n) is 6.11. The van der Waals surface area contributed by atoms with Gasteiger partial charge in [-0.25, -0.2) is 13.1 Å². The highest BCUT2D eigenvalue weighted by molar-refractivity contribution is 7.89. The highest BCUT2D eigenvalue weighted by atomic mass is 35.5. The first kappa shape index (κ1) is 17.7. The van der Waals surface area contributed by atoms with Gasteiger partial charge in [0, 0.05) is 23.7 Å². The number of sulfonamides is 1. The Morgan fingerprint density at radius 2 is 1.95 bits per heavy atom. The highest BCUT2D eigenvalue weighted by Gasteiger charge is 2.20. The lowest BCUT2D eigenvalue weighted by Crippen LogP contribution is -2.27. The first-order chi connectivity index (χ1) is 9.29. The minimum absolute atomic E-state index is 0.00821. The van der Waals surface area contributed by atoms with E-state index in [0.717, 1.165) is 6.54 Å². The molecule has 0 saturated heterocycles. The van der Waals surface area contributed by atoms with Crippen LogP contribution in [0.3, 0.4) is 0 Å². The van der Waals surface area contributed by atoms with Gasteiger partial charge in [0.1, 0.15) is 4.90 Å². The van der Waals surface area contributed by atoms with E-state index in [4.69, 9.17) is 28.9 Å². The minimum atomic E-state index is -3.65. The zero-order valence-electron chi connectivity index (χ0n) is 11.5. The molecule has 0 aromatic heterocycles. The zero-order chi connectivity index (χ0) is 15.3. The van der Waals surface area contributed by atoms with Crippen LogP contribution < -0.4 is 10.5 Å². The van der Waals surface area contributed by atoms with Gasteiger partial charge in [-0.2, -0.15) is 0 Å². The van der Waals surface area contributed by atoms with Crippen LogP contribution in [0, 0.1) is 0 Å². The van der Waals surface area contributed by atoms with Crippen molar-refractivity contribution in [1.82, 2.24) is 9.62 Å². The van der Waals surface area contributed by atoms with Crippen molar-refractivity contribution in [2.75, 3.05) is 27.2 Å². The summed E-state index contributed by atoms with van der Waals surface area (Å²) in [6, 6.07) is 2.88. The van der Waals surface area contributed by atoms with Crippen molar-refractivity contribution in [3.63, 3.8) is 0 Å². The molecule has 8 heteroatoms. The van der Waals surface area contributed by atoms with Crippen LogP contribution in [-0.2, 0) is 16.6 Å². The van der Waals surface area contributed by atoms with Crippen LogP contribution in [0.25, 0.3) is 0 Å². The molecule has 5 nitrogen and oxygen atoms in total. The van der Waals surface area contributed by atoms with Crippen molar-refractivity contribution in [2.24, 2.45) is 5.73 Å². The molecule has 114 valence electrons. The van der Waals surface area contributed by atoms with Gasteiger partial charge in [-0.1, -0.05) is 23.2 Å². The smallest absolute Gasteiger partial charge is 0.242 e. The molecule has 3 N–H and O–H groups in total. The topological polar surface area (TPSA) is 75.4 Å². The number of nitrogens with one attached hydrogen (secondary N) is 1. The Balaban J connectivity index is 2.88. The minimum Gasteiger partial charge on any atom is -0.326 e. The molecule has 1 aromatic rings. The van der Waals surface area contributed by atoms with Gasteiger partial charge in [-0.3, -0.25) is 0 Å². The summed E-state index contributed by atoms with van der Waals surface area (Å²) < 4.78 is 26.9. The van der Waals surface area contributed by atoms with Crippen molar-refractivity contribution in [3.8, 4) is 0 Å². The van der Waals surface area contributed by atoms with E-state index < -0.39 is 10.0 Å². The summed E-state index contributed by atoms with van der Waals surface area (Å²) in [5, 5.41) is 0.448. The van der Waals surface area contributed by atoms with Gasteiger partial charge in [-0.05, 0) is 39.2 Å². The molecule has 0 aliphatic carbocycles. The van der Waals surface area contributed by atoms with Crippen LogP contribution >= 0.6 is 23.2 Å². The Labute approximate surface area is 130 Å². The van der Waals surface area contributed by atoms with Crippen LogP contribution in [0.15, 0.2) is 17.0 Å². The third kappa shape index (κ3) is 4.58. The van der Waals surface area contributed by atoms with Gasteiger partial charge < -0.3 is 10.6 Å². The molecular formula is C12H19Cl2N3O2S. The SMILES string of the molecule is CN(C)CCCNS(=O)(=O)c1ccc(Cl)c(CN)c1Cl. The number of nitrogens with two attached hydrogens (primary N) is 1. The maximum absolute atomic E-state index is 12.2. The second-order valence-corrected chi connectivity index (χ2v) is 7.12. The van der Waals surface area contributed by atoms with E-state index in [9.17, 15) is 8.42 Å². The van der Waals surface area contributed by atoms with E-state index >= 15 is 0 Å². The Morgan fingerprint density at radius 1 is 1.30 bits per heavy atom. The molecule has 20 heavy (non-hydrogen) atoms. The Hall–Kier alpha value is -0.370. The third-order valence-corrected chi connectivity index (χ3v) is 5.12. The van der Waals surface area contributed by atoms with Gasteiger partial charge in [0.25, 0.3) is 0 Å². The number of rotatable bonds is 7. The van der Waals surface area contributed by atoms with E-state index in [0.29, 0.717) is 23.6 Å². The molecule has 0 spiro atoms. The largest absolute Gasteiger partial charge is 0.326 e. The van der Waals surface area contributed by atoms with Crippen molar-refractivity contribution >= 4 is 33.2 Å². The van der Waals surface area contributed by atoms with Crippen molar-refractivity contribution in [3.05, 3.63) is 27.7 Å². The predicted octanol–water partition coefficient (Wildman–Crippen LogP) is 1.68. The summed E-state index contributed by atoms with van der Waals surface area (Å²) in [7, 11) is 0.204. The van der Waals surface area contributed by atoms with Crippen LogP contribution in [0.2, 0.25) is 10.0 Å². The molecule has 0 fully saturated rings. The second-order valence-electron chi connectivity index (χ2n) is 4.60. The second kappa shape index (κ2) is 7.59. The number of halogens is 2. The summed E-state index contributed by atoms with van der Waals surface area (Å²) in [6.07, 6.45) is 0.710. The summed E-state index contributed by atoms with van der Waals surface area (Å²) in [5.74, 6) is 0. The monoisotopic (exact) mass is 339 g/mol. The predicted molar refractivity (Wildman–Crippen MR) is 82.7 cm³/mol. The average Bonchev–Trinajstić information content (AvgIpc) is 2.34. The van der Waals surface area contributed by atoms with Gasteiger partial charge >= 0.3 is 0 Å². The first-order valence-corrected chi connectivity index (χ1v) is 8.35. The molecule has 0 aliphatic rings. The van der Waals surface area contributed by atoms with E-state index in [1.54, 1.807) is 0 Å². The molecule has 1 aromatic carbocycles. The van der Waals surface area contributed by atoms with Crippen molar-refractivity contribution < 1.29 is 8.42 Å². The number of benzene rings is 1. The molecule has 0 bridgehead atoms. The number of hydrogen-bond donors (Lipinski definition) is 2. The summed E-state index contributed by atoms with van der Waals surface area (Å²) >= 11 is 12.0. The van der Waals surface area contributed by atoms with E-state index in [1.807, 2.05) is 19.0 Å². The maximum Gasteiger partial charge on any atom is 0.242 e. The molecule has 0 unspecified atom stereocenters. The quantitative estimate of drug-likeness (QED) is 0.741. The van der Waals surface area contributed by atoms with E-state index in [-0.39, 0.29) is 16.5 Å². The van der Waals surface area contributed by atoms with Crippen LogP contribution in [0.4, 0.5) is 0 Å². The van der Waals surface area contributed by atoms with Gasteiger partial charge in [0.2, 0.25) is 10.0 Å². The summed E-state index contributed by atoms with van der Waals surface area (Å²) in [6.45, 7) is 1.23. The number of nitrogens with zero attached hydrogens (tertiary/aromatic N) is 1. The highest BCUT2D eigenvalue weighted by Crippen LogP contribution is 2.30. The Morgan fingerprint density at radius 3 is 2.50 bits per heavy atom. The fourth-order valence-corrected chi connectivity index (χ4v) is 3.65. The molecule has 1 rings (SSSR count). The van der Waals surface area contributed by atoms with Gasteiger partial charge in [-0.15, -0.1) is 0 Å². The van der Waals surface area contributed by atoms with Crippen LogP contribution in [-0.4, -0.2) is 40.5 Å². The molecule has 0 amide bonds. The molecule has 0 heterocycles. The van der Waals surface area contributed by atoms with E-state index in [2.05, 4.69) is 4.72 Å². The molecular weight excluding hydrogens is 321 g/mol. The Bertz CT molecular complexity index is 562. The van der Waals surface area contributed by atoms with Crippen LogP contribution in [0.1, 0.15) is 12.0 Å². The normalized spacial score (nSPS) is 12.1. The van der Waals surface area contributed by atoms with Crippen molar-refractivity contribution in [1.29, 1.82) is 0 Å². The fraction of sp³-hybridized carbons (Fsp3) is 0.500. The summed E-state index contributed by atoms with van der Waals surface area (Å²) in [4.78, 5) is 1.99. The molecule has 0 atom stereocenters. The lowest BCUT2D eigenvalue weighted by atomic mass is 10.2. The maximum atomic E-state index is 12.2. The lowest BCUT2D eigenvalue weighted by Gasteiger charge is -2.13.